The van der Waals surface area contributed by atoms with Gasteiger partial charge in [0.05, 0.1) is 5.69 Å². The minimum atomic E-state index is -1.03. The van der Waals surface area contributed by atoms with E-state index in [2.05, 4.69) is 28.5 Å². The summed E-state index contributed by atoms with van der Waals surface area (Å²) in [6, 6.07) is 14.0. The van der Waals surface area contributed by atoms with Crippen molar-refractivity contribution in [1.29, 1.82) is 0 Å². The van der Waals surface area contributed by atoms with Crippen molar-refractivity contribution in [1.82, 2.24) is 14.7 Å². The number of aromatic amines is 1. The van der Waals surface area contributed by atoms with Crippen LogP contribution in [-0.2, 0) is 11.2 Å². The molecule has 10 heteroatoms. The number of nitrogens with zero attached hydrogens (tertiary/aromatic N) is 2. The average molecular weight is 533 g/mol. The molecule has 4 rings (SSSR count). The lowest BCUT2D eigenvalue weighted by Gasteiger charge is -2.31. The smallest absolute Gasteiger partial charge is 0.273 e. The van der Waals surface area contributed by atoms with E-state index >= 15 is 0 Å². The summed E-state index contributed by atoms with van der Waals surface area (Å²) < 4.78 is 4.01. The summed E-state index contributed by atoms with van der Waals surface area (Å²) >= 11 is 0.788. The maximum Gasteiger partial charge on any atom is 0.273 e. The van der Waals surface area contributed by atoms with Crippen LogP contribution in [0.1, 0.15) is 64.5 Å². The molecule has 2 heterocycles. The number of rotatable bonds is 10. The average Bonchev–Trinajstić information content (AvgIpc) is 3.50. The molecule has 0 bridgehead atoms. The van der Waals surface area contributed by atoms with Crippen molar-refractivity contribution in [3.63, 3.8) is 0 Å². The van der Waals surface area contributed by atoms with E-state index in [0.29, 0.717) is 23.7 Å². The minimum absolute atomic E-state index is 0.0400. The van der Waals surface area contributed by atoms with Crippen molar-refractivity contribution in [3.05, 3.63) is 76.4 Å². The zero-order valence-electron chi connectivity index (χ0n) is 21.7. The van der Waals surface area contributed by atoms with Gasteiger partial charge in [0.15, 0.2) is 5.69 Å². The normalized spacial score (nSPS) is 12.0. The fourth-order valence-electron chi connectivity index (χ4n) is 4.31. The molecule has 0 fully saturated rings. The topological polar surface area (TPSA) is 147 Å². The number of amides is 3. The molecule has 3 amide bonds. The quantitative estimate of drug-likeness (QED) is 0.239. The Morgan fingerprint density at radius 1 is 1.11 bits per heavy atom. The summed E-state index contributed by atoms with van der Waals surface area (Å²) in [6.45, 7) is 6.66. The second-order valence-electron chi connectivity index (χ2n) is 9.50. The van der Waals surface area contributed by atoms with Crippen LogP contribution < -0.4 is 21.7 Å². The van der Waals surface area contributed by atoms with Gasteiger partial charge >= 0.3 is 0 Å². The lowest BCUT2D eigenvalue weighted by molar-refractivity contribution is -0.122. The summed E-state index contributed by atoms with van der Waals surface area (Å²) in [4.78, 5) is 44.6. The van der Waals surface area contributed by atoms with E-state index in [-0.39, 0.29) is 22.2 Å². The number of H-pyrrole nitrogens is 1. The van der Waals surface area contributed by atoms with Gasteiger partial charge in [-0.05, 0) is 54.1 Å². The SMILES string of the molecule is CCc1ccc(N(C(=O)c2snc(C(N)=O)c2N)[C@@H](C(=O)NCCC(C)C)c2c[nH]c3ccccc23)cc1. The number of hydrogen-bond donors (Lipinski definition) is 4. The van der Waals surface area contributed by atoms with Crippen LogP contribution >= 0.6 is 11.5 Å². The number of aryl methyl sites for hydroxylation is 1. The van der Waals surface area contributed by atoms with Crippen LogP contribution in [0.15, 0.2) is 54.7 Å². The Hall–Kier alpha value is -4.18. The molecule has 0 unspecified atom stereocenters. The highest BCUT2D eigenvalue weighted by Gasteiger charge is 2.37. The monoisotopic (exact) mass is 532 g/mol. The first-order chi connectivity index (χ1) is 18.2. The molecule has 198 valence electrons. The molecule has 0 aliphatic heterocycles. The van der Waals surface area contributed by atoms with Crippen molar-refractivity contribution in [2.45, 2.75) is 39.7 Å². The Kier molecular flexibility index (Phi) is 8.11. The number of nitrogens with one attached hydrogen (secondary N) is 2. The molecule has 0 aliphatic rings. The second kappa shape index (κ2) is 11.5. The summed E-state index contributed by atoms with van der Waals surface area (Å²) in [5, 5.41) is 3.83. The number of primary amides is 1. The molecular weight excluding hydrogens is 500 g/mol. The predicted octanol–water partition coefficient (Wildman–Crippen LogP) is 4.42. The van der Waals surface area contributed by atoms with Crippen LogP contribution in [0.2, 0.25) is 0 Å². The van der Waals surface area contributed by atoms with Gasteiger partial charge < -0.3 is 21.8 Å². The Morgan fingerprint density at radius 3 is 2.45 bits per heavy atom. The molecule has 0 aliphatic carbocycles. The highest BCUT2D eigenvalue weighted by molar-refractivity contribution is 7.09. The summed E-state index contributed by atoms with van der Waals surface area (Å²) in [7, 11) is 0. The number of carbonyl (C=O) groups excluding carboxylic acids is 3. The lowest BCUT2D eigenvalue weighted by atomic mass is 10.0. The second-order valence-corrected chi connectivity index (χ2v) is 10.3. The van der Waals surface area contributed by atoms with Crippen LogP contribution in [-0.4, -0.2) is 33.6 Å². The number of hydrogen-bond acceptors (Lipinski definition) is 6. The van der Waals surface area contributed by atoms with Crippen LogP contribution in [0.3, 0.4) is 0 Å². The first kappa shape index (κ1) is 26.9. The van der Waals surface area contributed by atoms with Crippen molar-refractivity contribution in [2.75, 3.05) is 17.2 Å². The molecule has 38 heavy (non-hydrogen) atoms. The van der Waals surface area contributed by atoms with E-state index < -0.39 is 17.9 Å². The van der Waals surface area contributed by atoms with E-state index in [0.717, 1.165) is 40.8 Å². The van der Waals surface area contributed by atoms with Crippen molar-refractivity contribution < 1.29 is 14.4 Å². The van der Waals surface area contributed by atoms with Gasteiger partial charge in [-0.15, -0.1) is 0 Å². The van der Waals surface area contributed by atoms with E-state index in [4.69, 9.17) is 11.5 Å². The fourth-order valence-corrected chi connectivity index (χ4v) is 5.06. The van der Waals surface area contributed by atoms with Gasteiger partial charge in [-0.1, -0.05) is 51.1 Å². The molecule has 0 radical (unpaired) electrons. The molecule has 2 aromatic heterocycles. The molecule has 9 nitrogen and oxygen atoms in total. The third kappa shape index (κ3) is 5.40. The van der Waals surface area contributed by atoms with Crippen LogP contribution in [0.25, 0.3) is 10.9 Å². The predicted molar refractivity (Wildman–Crippen MR) is 151 cm³/mol. The summed E-state index contributed by atoms with van der Waals surface area (Å²) in [5.41, 5.74) is 14.4. The van der Waals surface area contributed by atoms with Gasteiger partial charge in [0, 0.05) is 34.9 Å². The first-order valence-electron chi connectivity index (χ1n) is 12.5. The molecule has 0 saturated heterocycles. The van der Waals surface area contributed by atoms with Gasteiger partial charge in [0.1, 0.15) is 10.9 Å². The van der Waals surface area contributed by atoms with E-state index in [9.17, 15) is 14.4 Å². The van der Waals surface area contributed by atoms with Crippen molar-refractivity contribution in [3.8, 4) is 0 Å². The highest BCUT2D eigenvalue weighted by Crippen LogP contribution is 2.36. The molecule has 0 spiro atoms. The number of fused-ring (bicyclic) bond motifs is 1. The number of benzene rings is 2. The zero-order valence-corrected chi connectivity index (χ0v) is 22.5. The first-order valence-corrected chi connectivity index (χ1v) is 13.3. The van der Waals surface area contributed by atoms with Gasteiger partial charge in [0.25, 0.3) is 11.8 Å². The van der Waals surface area contributed by atoms with Crippen molar-refractivity contribution in [2.24, 2.45) is 11.7 Å². The lowest BCUT2D eigenvalue weighted by Crippen LogP contribution is -2.44. The maximum atomic E-state index is 14.2. The Labute approximate surface area is 225 Å². The number of carbonyl (C=O) groups is 3. The molecular formula is C28H32N6O3S. The van der Waals surface area contributed by atoms with Gasteiger partial charge in [-0.2, -0.15) is 4.37 Å². The molecule has 0 saturated carbocycles. The van der Waals surface area contributed by atoms with E-state index in [1.54, 1.807) is 6.20 Å². The van der Waals surface area contributed by atoms with E-state index in [1.807, 2.05) is 55.5 Å². The fraction of sp³-hybridized carbons (Fsp3) is 0.286. The number of para-hydroxylation sites is 1. The third-order valence-corrected chi connectivity index (χ3v) is 7.29. The van der Waals surface area contributed by atoms with Crippen molar-refractivity contribution >= 4 is 51.5 Å². The molecule has 2 aromatic carbocycles. The number of nitrogens with two attached hydrogens (primary N) is 2. The van der Waals surface area contributed by atoms with Gasteiger partial charge in [-0.3, -0.25) is 19.3 Å². The Balaban J connectivity index is 1.89. The maximum absolute atomic E-state index is 14.2. The van der Waals surface area contributed by atoms with E-state index in [1.165, 1.54) is 4.90 Å². The molecule has 4 aromatic rings. The van der Waals surface area contributed by atoms with Crippen LogP contribution in [0.5, 0.6) is 0 Å². The highest BCUT2D eigenvalue weighted by atomic mass is 32.1. The standard InChI is InChI=1S/C28H32N6O3S/c1-4-17-9-11-18(12-10-17)34(28(37)25-22(29)23(26(30)35)33-38-25)24(27(36)31-14-13-16(2)3)20-15-32-21-8-6-5-7-19(20)21/h5-12,15-16,24,32H,4,13-14,29H2,1-3H3,(H2,30,35)(H,31,36)/t24-/m1/s1. The number of nitrogen functional groups attached to an aromatic ring is 1. The minimum Gasteiger partial charge on any atom is -0.395 e. The Morgan fingerprint density at radius 2 is 1.82 bits per heavy atom. The Bertz CT molecular complexity index is 1460. The molecule has 6 N–H and O–H groups in total. The number of anilines is 2. The van der Waals surface area contributed by atoms with Crippen LogP contribution in [0.4, 0.5) is 11.4 Å². The zero-order chi connectivity index (χ0) is 27.4. The number of aromatic nitrogens is 2. The molecule has 1 atom stereocenters. The van der Waals surface area contributed by atoms with Crippen LogP contribution in [0, 0.1) is 5.92 Å². The van der Waals surface area contributed by atoms with Gasteiger partial charge in [-0.25, -0.2) is 0 Å². The van der Waals surface area contributed by atoms with Gasteiger partial charge in [0.2, 0.25) is 5.91 Å². The largest absolute Gasteiger partial charge is 0.395 e. The third-order valence-electron chi connectivity index (χ3n) is 6.44. The summed E-state index contributed by atoms with van der Waals surface area (Å²) in [5.74, 6) is -1.31. The summed E-state index contributed by atoms with van der Waals surface area (Å²) in [6.07, 6.45) is 3.36.